The van der Waals surface area contributed by atoms with E-state index in [1.807, 2.05) is 0 Å². The Balaban J connectivity index is 1.50. The Labute approximate surface area is 184 Å². The highest BCUT2D eigenvalue weighted by Gasteiger charge is 2.24. The number of halogens is 1. The number of anilines is 2. The molecule has 1 aliphatic heterocycles. The Kier molecular flexibility index (Phi) is 5.75. The number of rotatable bonds is 6. The number of ether oxygens (including phenoxy) is 2. The van der Waals surface area contributed by atoms with Gasteiger partial charge in [0.15, 0.2) is 11.5 Å². The summed E-state index contributed by atoms with van der Waals surface area (Å²) in [7, 11) is -3.81. The van der Waals surface area contributed by atoms with Crippen molar-refractivity contribution in [1.82, 2.24) is 0 Å². The van der Waals surface area contributed by atoms with Crippen molar-refractivity contribution < 1.29 is 22.7 Å². The third-order valence-corrected chi connectivity index (χ3v) is 7.16. The molecule has 7 nitrogen and oxygen atoms in total. The first-order valence-corrected chi connectivity index (χ1v) is 11.2. The summed E-state index contributed by atoms with van der Waals surface area (Å²) < 4.78 is 36.7. The van der Waals surface area contributed by atoms with Crippen LogP contribution < -0.4 is 20.1 Å². The van der Waals surface area contributed by atoms with Crippen LogP contribution in [0.2, 0.25) is 5.02 Å². The second-order valence-electron chi connectivity index (χ2n) is 6.84. The first kappa shape index (κ1) is 21.0. The predicted octanol–water partition coefficient (Wildman–Crippen LogP) is 4.26. The molecule has 0 fully saturated rings. The molecule has 1 heterocycles. The topological polar surface area (TPSA) is 93.7 Å². The van der Waals surface area contributed by atoms with Crippen molar-refractivity contribution in [2.45, 2.75) is 16.7 Å². The Morgan fingerprint density at radius 3 is 2.55 bits per heavy atom. The van der Waals surface area contributed by atoms with Gasteiger partial charge in [-0.3, -0.25) is 4.79 Å². The molecule has 0 unspecified atom stereocenters. The number of hydrogen-bond donors (Lipinski definition) is 2. The molecule has 0 aromatic heterocycles. The number of carbonyl (C=O) groups excluding carboxylic acids is 1. The van der Waals surface area contributed by atoms with Crippen molar-refractivity contribution in [2.24, 2.45) is 0 Å². The largest absolute Gasteiger partial charge is 0.454 e. The second kappa shape index (κ2) is 8.49. The highest BCUT2D eigenvalue weighted by atomic mass is 35.5. The van der Waals surface area contributed by atoms with Gasteiger partial charge in [-0.2, -0.15) is 0 Å². The molecular weight excluding hydrogens is 440 g/mol. The van der Waals surface area contributed by atoms with Crippen molar-refractivity contribution in [3.63, 3.8) is 0 Å². The molecule has 0 spiro atoms. The van der Waals surface area contributed by atoms with E-state index in [-0.39, 0.29) is 34.1 Å². The fourth-order valence-electron chi connectivity index (χ4n) is 3.25. The van der Waals surface area contributed by atoms with Gasteiger partial charge in [0.1, 0.15) is 0 Å². The minimum absolute atomic E-state index is 0.0153. The summed E-state index contributed by atoms with van der Waals surface area (Å²) in [4.78, 5) is 12.5. The average Bonchev–Trinajstić information content (AvgIpc) is 3.21. The molecule has 9 heteroatoms. The van der Waals surface area contributed by atoms with E-state index in [0.717, 1.165) is 0 Å². The van der Waals surface area contributed by atoms with Crippen LogP contribution in [0.15, 0.2) is 70.5 Å². The van der Waals surface area contributed by atoms with Gasteiger partial charge in [0.05, 0.1) is 21.4 Å². The molecule has 0 saturated heterocycles. The van der Waals surface area contributed by atoms with E-state index in [0.29, 0.717) is 28.4 Å². The van der Waals surface area contributed by atoms with Crippen molar-refractivity contribution in [2.75, 3.05) is 24.0 Å². The molecule has 3 aromatic rings. The summed E-state index contributed by atoms with van der Waals surface area (Å²) in [5.41, 5.74) is 1.50. The Morgan fingerprint density at radius 2 is 1.77 bits per heavy atom. The molecular formula is C22H19ClN2O5S. The van der Waals surface area contributed by atoms with E-state index in [1.165, 1.54) is 18.2 Å². The van der Waals surface area contributed by atoms with Gasteiger partial charge in [-0.25, -0.2) is 8.42 Å². The van der Waals surface area contributed by atoms with Crippen LogP contribution >= 0.6 is 11.6 Å². The van der Waals surface area contributed by atoms with Crippen LogP contribution in [-0.2, 0) is 14.6 Å². The molecule has 0 bridgehead atoms. The van der Waals surface area contributed by atoms with Crippen molar-refractivity contribution in [1.29, 1.82) is 0 Å². The van der Waals surface area contributed by atoms with E-state index in [2.05, 4.69) is 10.6 Å². The zero-order valence-electron chi connectivity index (χ0n) is 16.5. The quantitative estimate of drug-likeness (QED) is 0.573. The Morgan fingerprint density at radius 1 is 1.03 bits per heavy atom. The number of sulfone groups is 1. The summed E-state index contributed by atoms with van der Waals surface area (Å²) in [6.07, 6.45) is 0. The maximum Gasteiger partial charge on any atom is 0.243 e. The van der Waals surface area contributed by atoms with Crippen LogP contribution in [0.5, 0.6) is 11.5 Å². The summed E-state index contributed by atoms with van der Waals surface area (Å²) in [6, 6.07) is 16.3. The summed E-state index contributed by atoms with van der Waals surface area (Å²) >= 11 is 6.24. The second-order valence-corrected chi connectivity index (χ2v) is 9.13. The molecule has 160 valence electrons. The van der Waals surface area contributed by atoms with Gasteiger partial charge < -0.3 is 20.1 Å². The fraction of sp³-hybridized carbons (Fsp3) is 0.136. The third kappa shape index (κ3) is 4.30. The molecule has 0 aliphatic carbocycles. The van der Waals surface area contributed by atoms with E-state index >= 15 is 0 Å². The lowest BCUT2D eigenvalue weighted by Crippen LogP contribution is -2.22. The number of fused-ring (bicyclic) bond motifs is 1. The zero-order chi connectivity index (χ0) is 22.0. The number of benzene rings is 3. The lowest BCUT2D eigenvalue weighted by molar-refractivity contribution is -0.114. The van der Waals surface area contributed by atoms with Gasteiger partial charge in [0, 0.05) is 17.4 Å². The molecule has 1 amide bonds. The van der Waals surface area contributed by atoms with Gasteiger partial charge in [0.2, 0.25) is 22.5 Å². The molecule has 0 saturated carbocycles. The van der Waals surface area contributed by atoms with Crippen LogP contribution in [0.25, 0.3) is 0 Å². The van der Waals surface area contributed by atoms with Gasteiger partial charge in [0.25, 0.3) is 0 Å². The first-order chi connectivity index (χ1) is 14.9. The maximum atomic E-state index is 13.1. The van der Waals surface area contributed by atoms with Gasteiger partial charge in [-0.1, -0.05) is 29.8 Å². The molecule has 3 aromatic carbocycles. The molecule has 0 atom stereocenters. The van der Waals surface area contributed by atoms with Gasteiger partial charge in [-0.05, 0) is 48.9 Å². The van der Waals surface area contributed by atoms with E-state index in [4.69, 9.17) is 21.1 Å². The number of carbonyl (C=O) groups is 1. The lowest BCUT2D eigenvalue weighted by Gasteiger charge is -2.15. The van der Waals surface area contributed by atoms with E-state index in [9.17, 15) is 13.2 Å². The third-order valence-electron chi connectivity index (χ3n) is 4.78. The summed E-state index contributed by atoms with van der Waals surface area (Å²) in [5, 5.41) is 5.87. The first-order valence-electron chi connectivity index (χ1n) is 9.39. The minimum atomic E-state index is -3.81. The SMILES string of the molecule is Cc1c(NCC(=O)Nc2ccc3c(c2)OCO3)ccc(Cl)c1S(=O)(=O)c1ccccc1. The minimum Gasteiger partial charge on any atom is -0.454 e. The standard InChI is InChI=1S/C22H19ClN2O5S/c1-14-18(9-8-17(23)22(14)31(27,28)16-5-3-2-4-6-16)24-12-21(26)25-15-7-10-19-20(11-15)30-13-29-19/h2-11,24H,12-13H2,1H3,(H,25,26). The van der Waals surface area contributed by atoms with Crippen molar-refractivity contribution in [3.8, 4) is 11.5 Å². The maximum absolute atomic E-state index is 13.1. The highest BCUT2D eigenvalue weighted by molar-refractivity contribution is 7.91. The Hall–Kier alpha value is -3.23. The van der Waals surface area contributed by atoms with E-state index in [1.54, 1.807) is 49.4 Å². The van der Waals surface area contributed by atoms with Crippen molar-refractivity contribution >= 4 is 38.7 Å². The van der Waals surface area contributed by atoms with Crippen LogP contribution in [-0.4, -0.2) is 27.7 Å². The highest BCUT2D eigenvalue weighted by Crippen LogP contribution is 2.35. The molecule has 2 N–H and O–H groups in total. The number of amides is 1. The zero-order valence-corrected chi connectivity index (χ0v) is 18.1. The van der Waals surface area contributed by atoms with E-state index < -0.39 is 9.84 Å². The molecule has 0 radical (unpaired) electrons. The van der Waals surface area contributed by atoms with Crippen LogP contribution in [0.3, 0.4) is 0 Å². The number of hydrogen-bond acceptors (Lipinski definition) is 6. The smallest absolute Gasteiger partial charge is 0.243 e. The lowest BCUT2D eigenvalue weighted by atomic mass is 10.2. The Bertz CT molecular complexity index is 1250. The fourth-order valence-corrected chi connectivity index (χ4v) is 5.35. The van der Waals surface area contributed by atoms with Gasteiger partial charge >= 0.3 is 0 Å². The van der Waals surface area contributed by atoms with Crippen molar-refractivity contribution in [3.05, 3.63) is 71.2 Å². The molecule has 4 rings (SSSR count). The summed E-state index contributed by atoms with van der Waals surface area (Å²) in [5.74, 6) is 0.885. The molecule has 31 heavy (non-hydrogen) atoms. The summed E-state index contributed by atoms with van der Waals surface area (Å²) in [6.45, 7) is 1.74. The van der Waals surface area contributed by atoms with Crippen LogP contribution in [0.1, 0.15) is 5.56 Å². The molecule has 1 aliphatic rings. The predicted molar refractivity (Wildman–Crippen MR) is 118 cm³/mol. The van der Waals surface area contributed by atoms with Crippen LogP contribution in [0.4, 0.5) is 11.4 Å². The van der Waals surface area contributed by atoms with Gasteiger partial charge in [-0.15, -0.1) is 0 Å². The van der Waals surface area contributed by atoms with Crippen LogP contribution in [0, 0.1) is 6.92 Å². The normalized spacial score (nSPS) is 12.5. The monoisotopic (exact) mass is 458 g/mol. The average molecular weight is 459 g/mol. The number of nitrogens with one attached hydrogen (secondary N) is 2.